The summed E-state index contributed by atoms with van der Waals surface area (Å²) in [6.45, 7) is 2.78. The monoisotopic (exact) mass is 319 g/mol. The SMILES string of the molecule is CCCCC1CCC(C(=O)O)N(C(=O)OCc2ccccc2)C1. The molecule has 1 N–H and O–H groups in total. The molecule has 1 aliphatic rings. The normalized spacial score (nSPS) is 21.0. The summed E-state index contributed by atoms with van der Waals surface area (Å²) >= 11 is 0. The van der Waals surface area contributed by atoms with Crippen LogP contribution in [0.25, 0.3) is 0 Å². The fourth-order valence-corrected chi connectivity index (χ4v) is 3.04. The van der Waals surface area contributed by atoms with Crippen LogP contribution in [-0.2, 0) is 16.1 Å². The molecule has 0 radical (unpaired) electrons. The molecule has 0 saturated carbocycles. The largest absolute Gasteiger partial charge is 0.480 e. The van der Waals surface area contributed by atoms with E-state index in [0.717, 1.165) is 31.2 Å². The predicted molar refractivity (Wildman–Crippen MR) is 87.0 cm³/mol. The van der Waals surface area contributed by atoms with E-state index in [1.54, 1.807) is 0 Å². The number of piperidine rings is 1. The third kappa shape index (κ3) is 4.98. The summed E-state index contributed by atoms with van der Waals surface area (Å²) in [7, 11) is 0. The van der Waals surface area contributed by atoms with Gasteiger partial charge in [0.15, 0.2) is 0 Å². The molecule has 1 saturated heterocycles. The Morgan fingerprint density at radius 2 is 2.00 bits per heavy atom. The number of aliphatic carboxylic acids is 1. The van der Waals surface area contributed by atoms with Crippen LogP contribution in [-0.4, -0.2) is 34.7 Å². The van der Waals surface area contributed by atoms with Crippen molar-refractivity contribution in [1.29, 1.82) is 0 Å². The van der Waals surface area contributed by atoms with Crippen molar-refractivity contribution in [3.63, 3.8) is 0 Å². The Kier molecular flexibility index (Phi) is 6.44. The number of carboxylic acid groups (broad SMARTS) is 1. The Morgan fingerprint density at radius 1 is 1.26 bits per heavy atom. The number of unbranched alkanes of at least 4 members (excludes halogenated alkanes) is 1. The lowest BCUT2D eigenvalue weighted by Crippen LogP contribution is -2.50. The van der Waals surface area contributed by atoms with Gasteiger partial charge in [0.1, 0.15) is 12.6 Å². The average Bonchev–Trinajstić information content (AvgIpc) is 2.58. The lowest BCUT2D eigenvalue weighted by molar-refractivity contribution is -0.144. The Bertz CT molecular complexity index is 517. The summed E-state index contributed by atoms with van der Waals surface area (Å²) in [6, 6.07) is 8.64. The summed E-state index contributed by atoms with van der Waals surface area (Å²) in [5.41, 5.74) is 0.896. The van der Waals surface area contributed by atoms with Crippen molar-refractivity contribution in [2.24, 2.45) is 5.92 Å². The summed E-state index contributed by atoms with van der Waals surface area (Å²) in [4.78, 5) is 25.2. The van der Waals surface area contributed by atoms with Crippen LogP contribution in [0.2, 0.25) is 0 Å². The van der Waals surface area contributed by atoms with Crippen molar-refractivity contribution < 1.29 is 19.4 Å². The minimum absolute atomic E-state index is 0.169. The number of benzene rings is 1. The molecule has 0 aliphatic carbocycles. The molecule has 5 heteroatoms. The maximum Gasteiger partial charge on any atom is 0.410 e. The number of amides is 1. The molecule has 1 aliphatic heterocycles. The number of carbonyl (C=O) groups is 2. The predicted octanol–water partition coefficient (Wildman–Crippen LogP) is 3.68. The molecule has 126 valence electrons. The van der Waals surface area contributed by atoms with Gasteiger partial charge >= 0.3 is 12.1 Å². The standard InChI is InChI=1S/C18H25NO4/c1-2-3-7-14-10-11-16(17(20)21)19(12-14)18(22)23-13-15-8-5-4-6-9-15/h4-6,8-9,14,16H,2-3,7,10-13H2,1H3,(H,20,21). The number of carbonyl (C=O) groups excluding carboxylic acids is 1. The first-order chi connectivity index (χ1) is 11.1. The average molecular weight is 319 g/mol. The molecule has 0 spiro atoms. The molecule has 1 aromatic carbocycles. The van der Waals surface area contributed by atoms with Gasteiger partial charge in [0.2, 0.25) is 0 Å². The summed E-state index contributed by atoms with van der Waals surface area (Å²) in [5, 5.41) is 9.36. The fraction of sp³-hybridized carbons (Fsp3) is 0.556. The van der Waals surface area contributed by atoms with E-state index in [1.807, 2.05) is 30.3 Å². The first-order valence-corrected chi connectivity index (χ1v) is 8.32. The van der Waals surface area contributed by atoms with Crippen LogP contribution >= 0.6 is 0 Å². The Morgan fingerprint density at radius 3 is 2.65 bits per heavy atom. The zero-order valence-electron chi connectivity index (χ0n) is 13.6. The maximum absolute atomic E-state index is 12.3. The van der Waals surface area contributed by atoms with Crippen molar-refractivity contribution in [1.82, 2.24) is 4.90 Å². The van der Waals surface area contributed by atoms with Crippen LogP contribution in [0.15, 0.2) is 30.3 Å². The van der Waals surface area contributed by atoms with Gasteiger partial charge in [0.05, 0.1) is 0 Å². The quantitative estimate of drug-likeness (QED) is 0.868. The summed E-state index contributed by atoms with van der Waals surface area (Å²) in [6.07, 6.45) is 4.09. The van der Waals surface area contributed by atoms with Crippen molar-refractivity contribution in [3.8, 4) is 0 Å². The zero-order valence-corrected chi connectivity index (χ0v) is 13.6. The molecule has 1 fully saturated rings. The second-order valence-corrected chi connectivity index (χ2v) is 6.13. The van der Waals surface area contributed by atoms with E-state index in [2.05, 4.69) is 6.92 Å². The second kappa shape index (κ2) is 8.56. The van der Waals surface area contributed by atoms with Gasteiger partial charge < -0.3 is 9.84 Å². The molecule has 1 amide bonds. The number of hydrogen-bond acceptors (Lipinski definition) is 3. The number of ether oxygens (including phenoxy) is 1. The first kappa shape index (κ1) is 17.3. The zero-order chi connectivity index (χ0) is 16.7. The highest BCUT2D eigenvalue weighted by Gasteiger charge is 2.36. The molecule has 0 bridgehead atoms. The molecular weight excluding hydrogens is 294 g/mol. The lowest BCUT2D eigenvalue weighted by atomic mass is 9.89. The number of likely N-dealkylation sites (tertiary alicyclic amines) is 1. The van der Waals surface area contributed by atoms with Gasteiger partial charge in [0.25, 0.3) is 0 Å². The van der Waals surface area contributed by atoms with Crippen LogP contribution in [0.5, 0.6) is 0 Å². The first-order valence-electron chi connectivity index (χ1n) is 8.32. The smallest absolute Gasteiger partial charge is 0.410 e. The van der Waals surface area contributed by atoms with Crippen LogP contribution < -0.4 is 0 Å². The molecule has 0 aromatic heterocycles. The van der Waals surface area contributed by atoms with Gasteiger partial charge in [-0.05, 0) is 30.7 Å². The van der Waals surface area contributed by atoms with Crippen molar-refractivity contribution in [2.45, 2.75) is 51.7 Å². The molecule has 23 heavy (non-hydrogen) atoms. The molecule has 2 atom stereocenters. The number of nitrogens with zero attached hydrogens (tertiary/aromatic N) is 1. The maximum atomic E-state index is 12.3. The molecule has 2 rings (SSSR count). The molecule has 5 nitrogen and oxygen atoms in total. The van der Waals surface area contributed by atoms with Crippen molar-refractivity contribution in [2.75, 3.05) is 6.54 Å². The van der Waals surface area contributed by atoms with Gasteiger partial charge in [0, 0.05) is 6.54 Å². The molecular formula is C18H25NO4. The highest BCUT2D eigenvalue weighted by molar-refractivity contribution is 5.80. The molecule has 1 aromatic rings. The fourth-order valence-electron chi connectivity index (χ4n) is 3.04. The Labute approximate surface area is 137 Å². The van der Waals surface area contributed by atoms with E-state index >= 15 is 0 Å². The number of carboxylic acids is 1. The minimum Gasteiger partial charge on any atom is -0.480 e. The Balaban J connectivity index is 1.96. The summed E-state index contributed by atoms with van der Waals surface area (Å²) in [5.74, 6) is -0.578. The van der Waals surface area contributed by atoms with Crippen molar-refractivity contribution in [3.05, 3.63) is 35.9 Å². The van der Waals surface area contributed by atoms with E-state index in [-0.39, 0.29) is 6.61 Å². The van der Waals surface area contributed by atoms with E-state index in [4.69, 9.17) is 4.74 Å². The van der Waals surface area contributed by atoms with Crippen LogP contribution in [0.1, 0.15) is 44.6 Å². The van der Waals surface area contributed by atoms with Crippen molar-refractivity contribution >= 4 is 12.1 Å². The van der Waals surface area contributed by atoms with Crippen LogP contribution in [0.3, 0.4) is 0 Å². The third-order valence-electron chi connectivity index (χ3n) is 4.37. The Hall–Kier alpha value is -2.04. The van der Waals surface area contributed by atoms with Gasteiger partial charge in [-0.2, -0.15) is 0 Å². The number of hydrogen-bond donors (Lipinski definition) is 1. The molecule has 2 unspecified atom stereocenters. The third-order valence-corrected chi connectivity index (χ3v) is 4.37. The number of rotatable bonds is 6. The topological polar surface area (TPSA) is 66.8 Å². The lowest BCUT2D eigenvalue weighted by Gasteiger charge is -2.36. The second-order valence-electron chi connectivity index (χ2n) is 6.13. The van der Waals surface area contributed by atoms with Gasteiger partial charge in [-0.1, -0.05) is 50.1 Å². The molecule has 1 heterocycles. The summed E-state index contributed by atoms with van der Waals surface area (Å²) < 4.78 is 5.32. The van der Waals surface area contributed by atoms with E-state index in [0.29, 0.717) is 18.9 Å². The van der Waals surface area contributed by atoms with E-state index in [9.17, 15) is 14.7 Å². The van der Waals surface area contributed by atoms with E-state index < -0.39 is 18.1 Å². The van der Waals surface area contributed by atoms with E-state index in [1.165, 1.54) is 4.90 Å². The van der Waals surface area contributed by atoms with Crippen LogP contribution in [0, 0.1) is 5.92 Å². The highest BCUT2D eigenvalue weighted by Crippen LogP contribution is 2.27. The van der Waals surface area contributed by atoms with Gasteiger partial charge in [-0.3, -0.25) is 4.90 Å². The minimum atomic E-state index is -0.949. The van der Waals surface area contributed by atoms with Crippen LogP contribution in [0.4, 0.5) is 4.79 Å². The van der Waals surface area contributed by atoms with Gasteiger partial charge in [-0.25, -0.2) is 9.59 Å². The van der Waals surface area contributed by atoms with Gasteiger partial charge in [-0.15, -0.1) is 0 Å². The highest BCUT2D eigenvalue weighted by atomic mass is 16.6.